The van der Waals surface area contributed by atoms with Crippen LogP contribution in [-0.4, -0.2) is 36.0 Å². The van der Waals surface area contributed by atoms with Crippen LogP contribution in [0.1, 0.15) is 61.3 Å². The molecule has 0 saturated carbocycles. The Hall–Kier alpha value is 0.704. The van der Waals surface area contributed by atoms with E-state index in [0.29, 0.717) is 11.0 Å². The highest BCUT2D eigenvalue weighted by Gasteiger charge is 2.44. The molecule has 0 aromatic rings. The van der Waals surface area contributed by atoms with Gasteiger partial charge in [-0.1, -0.05) is 41.0 Å². The van der Waals surface area contributed by atoms with Crippen LogP contribution in [0.25, 0.3) is 0 Å². The Bertz CT molecular complexity index is 244. The number of thiol groups is 1. The van der Waals surface area contributed by atoms with Crippen molar-refractivity contribution in [3.8, 4) is 0 Å². The van der Waals surface area contributed by atoms with Crippen molar-refractivity contribution in [2.75, 3.05) is 13.2 Å². The number of hydrogen-bond donors (Lipinski definition) is 1. The fraction of sp³-hybridized carbons (Fsp3) is 1.00. The standard InChI is InChI=1S/C14H34O2SSi2/c1-8-11-14(17,18-13(6,7)12(4)5)19(15-9-2)16-10-3/h12,17,19H,8-11,18H2,1-7H3/t14-/m0/s1. The third kappa shape index (κ3) is 6.33. The summed E-state index contributed by atoms with van der Waals surface area (Å²) in [5, 5.41) is 0.399. The monoisotopic (exact) mass is 322 g/mol. The van der Waals surface area contributed by atoms with Gasteiger partial charge in [-0.3, -0.25) is 0 Å². The van der Waals surface area contributed by atoms with E-state index in [9.17, 15) is 0 Å². The van der Waals surface area contributed by atoms with Gasteiger partial charge in [-0.05, 0) is 31.2 Å². The van der Waals surface area contributed by atoms with Gasteiger partial charge in [0.05, 0.1) is 0 Å². The quantitative estimate of drug-likeness (QED) is 0.491. The van der Waals surface area contributed by atoms with Crippen LogP contribution in [0.4, 0.5) is 0 Å². The van der Waals surface area contributed by atoms with Crippen molar-refractivity contribution in [3.63, 3.8) is 0 Å². The van der Waals surface area contributed by atoms with Crippen molar-refractivity contribution in [2.45, 2.75) is 70.3 Å². The van der Waals surface area contributed by atoms with Crippen LogP contribution in [0, 0.1) is 5.92 Å². The molecule has 19 heavy (non-hydrogen) atoms. The molecule has 0 bridgehead atoms. The van der Waals surface area contributed by atoms with E-state index in [1.165, 1.54) is 0 Å². The minimum absolute atomic E-state index is 0.0640. The Kier molecular flexibility index (Phi) is 9.20. The Morgan fingerprint density at radius 1 is 1.11 bits per heavy atom. The summed E-state index contributed by atoms with van der Waals surface area (Å²) in [4.78, 5) is 0. The maximum atomic E-state index is 6.00. The summed E-state index contributed by atoms with van der Waals surface area (Å²) in [6, 6.07) is 0. The van der Waals surface area contributed by atoms with Gasteiger partial charge in [0, 0.05) is 26.7 Å². The fourth-order valence-corrected chi connectivity index (χ4v) is 11.6. The number of rotatable bonds is 10. The zero-order chi connectivity index (χ0) is 15.1. The lowest BCUT2D eigenvalue weighted by Gasteiger charge is -2.41. The molecule has 0 aromatic carbocycles. The lowest BCUT2D eigenvalue weighted by Crippen LogP contribution is -2.53. The minimum atomic E-state index is -1.70. The average Bonchev–Trinajstić information content (AvgIpc) is 2.28. The van der Waals surface area contributed by atoms with Gasteiger partial charge in [0.2, 0.25) is 0 Å². The molecule has 0 rings (SSSR count). The van der Waals surface area contributed by atoms with Crippen LogP contribution in [0.5, 0.6) is 0 Å². The molecule has 2 nitrogen and oxygen atoms in total. The zero-order valence-corrected chi connectivity index (χ0v) is 17.4. The fourth-order valence-electron chi connectivity index (χ4n) is 2.38. The smallest absolute Gasteiger partial charge is 0.334 e. The van der Waals surface area contributed by atoms with Gasteiger partial charge < -0.3 is 8.85 Å². The first-order chi connectivity index (χ1) is 8.73. The molecule has 0 radical (unpaired) electrons. The summed E-state index contributed by atoms with van der Waals surface area (Å²) >= 11 is 5.12. The maximum absolute atomic E-state index is 6.00. The summed E-state index contributed by atoms with van der Waals surface area (Å²) in [7, 11) is -2.11. The second kappa shape index (κ2) is 8.87. The summed E-state index contributed by atoms with van der Waals surface area (Å²) in [6.45, 7) is 17.3. The predicted molar refractivity (Wildman–Crippen MR) is 94.4 cm³/mol. The third-order valence-corrected chi connectivity index (χ3v) is 12.2. The van der Waals surface area contributed by atoms with Crippen molar-refractivity contribution in [1.82, 2.24) is 0 Å². The van der Waals surface area contributed by atoms with E-state index in [2.05, 4.69) is 48.5 Å². The molecule has 0 spiro atoms. The summed E-state index contributed by atoms with van der Waals surface area (Å²) in [5.41, 5.74) is 0. The van der Waals surface area contributed by atoms with Crippen molar-refractivity contribution >= 4 is 31.4 Å². The molecule has 1 atom stereocenters. The van der Waals surface area contributed by atoms with E-state index < -0.39 is 18.8 Å². The minimum Gasteiger partial charge on any atom is -0.396 e. The first-order valence-electron chi connectivity index (χ1n) is 7.69. The van der Waals surface area contributed by atoms with E-state index in [0.717, 1.165) is 26.1 Å². The van der Waals surface area contributed by atoms with Crippen LogP contribution in [0.15, 0.2) is 0 Å². The number of hydrogen-bond acceptors (Lipinski definition) is 3. The van der Waals surface area contributed by atoms with E-state index in [-0.39, 0.29) is 3.99 Å². The Morgan fingerprint density at radius 2 is 1.58 bits per heavy atom. The highest BCUT2D eigenvalue weighted by Crippen LogP contribution is 2.40. The van der Waals surface area contributed by atoms with E-state index in [1.807, 2.05) is 0 Å². The highest BCUT2D eigenvalue weighted by molar-refractivity contribution is 7.85. The van der Waals surface area contributed by atoms with Crippen LogP contribution in [0.3, 0.4) is 0 Å². The molecular weight excluding hydrogens is 288 g/mol. The van der Waals surface area contributed by atoms with E-state index >= 15 is 0 Å². The molecule has 0 unspecified atom stereocenters. The predicted octanol–water partition coefficient (Wildman–Crippen LogP) is 3.27. The molecule has 0 N–H and O–H groups in total. The molecule has 0 saturated heterocycles. The second-order valence-electron chi connectivity index (χ2n) is 6.42. The molecule has 0 aromatic heterocycles. The van der Waals surface area contributed by atoms with Crippen LogP contribution < -0.4 is 0 Å². The summed E-state index contributed by atoms with van der Waals surface area (Å²) < 4.78 is 12.1. The molecule has 116 valence electrons. The van der Waals surface area contributed by atoms with Gasteiger partial charge in [0.1, 0.15) is 0 Å². The van der Waals surface area contributed by atoms with Gasteiger partial charge in [-0.2, -0.15) is 12.6 Å². The first kappa shape index (κ1) is 19.7. The SMILES string of the molecule is CCC[C@](S)([SiH2]C(C)(C)C(C)C)[SiH](OCC)OCC. The van der Waals surface area contributed by atoms with Gasteiger partial charge in [0.25, 0.3) is 0 Å². The molecular formula is C14H34O2SSi2. The Balaban J connectivity index is 5.08. The molecule has 0 aliphatic rings. The van der Waals surface area contributed by atoms with Gasteiger partial charge >= 0.3 is 9.28 Å². The zero-order valence-electron chi connectivity index (χ0n) is 14.0. The summed E-state index contributed by atoms with van der Waals surface area (Å²) in [5.74, 6) is 0.695. The normalized spacial score (nSPS) is 16.7. The third-order valence-electron chi connectivity index (χ3n) is 4.08. The molecule has 0 amide bonds. The molecule has 0 aliphatic heterocycles. The van der Waals surface area contributed by atoms with Crippen molar-refractivity contribution in [2.24, 2.45) is 5.92 Å². The second-order valence-corrected chi connectivity index (χ2v) is 15.1. The van der Waals surface area contributed by atoms with Crippen molar-refractivity contribution in [3.05, 3.63) is 0 Å². The van der Waals surface area contributed by atoms with Crippen LogP contribution in [0.2, 0.25) is 5.04 Å². The summed E-state index contributed by atoms with van der Waals surface area (Å²) in [6.07, 6.45) is 2.30. The van der Waals surface area contributed by atoms with Gasteiger partial charge in [-0.15, -0.1) is 0 Å². The lowest BCUT2D eigenvalue weighted by molar-refractivity contribution is 0.206. The largest absolute Gasteiger partial charge is 0.396 e. The average molecular weight is 323 g/mol. The van der Waals surface area contributed by atoms with Gasteiger partial charge in [0.15, 0.2) is 0 Å². The Labute approximate surface area is 130 Å². The molecule has 5 heteroatoms. The first-order valence-corrected chi connectivity index (χ1v) is 11.1. The van der Waals surface area contributed by atoms with Crippen LogP contribution >= 0.6 is 12.6 Å². The van der Waals surface area contributed by atoms with Crippen LogP contribution in [-0.2, 0) is 8.85 Å². The Morgan fingerprint density at radius 3 is 1.89 bits per heavy atom. The lowest BCUT2D eigenvalue weighted by atomic mass is 9.99. The van der Waals surface area contributed by atoms with E-state index in [4.69, 9.17) is 21.5 Å². The molecule has 0 aliphatic carbocycles. The molecule has 0 heterocycles. The topological polar surface area (TPSA) is 18.5 Å². The van der Waals surface area contributed by atoms with Gasteiger partial charge in [-0.25, -0.2) is 0 Å². The van der Waals surface area contributed by atoms with E-state index in [1.54, 1.807) is 0 Å². The maximum Gasteiger partial charge on any atom is 0.334 e. The highest BCUT2D eigenvalue weighted by atomic mass is 32.1. The van der Waals surface area contributed by atoms with Crippen molar-refractivity contribution in [1.29, 1.82) is 0 Å². The van der Waals surface area contributed by atoms with Crippen molar-refractivity contribution < 1.29 is 8.85 Å². The molecule has 0 fully saturated rings.